The molecule has 35 heteroatoms. The average Bonchev–Trinajstić information content (AvgIpc) is 0.857. The van der Waals surface area contributed by atoms with E-state index in [9.17, 15) is 67.1 Å². The molecule has 4 saturated heterocycles. The van der Waals surface area contributed by atoms with E-state index in [0.29, 0.717) is 0 Å². The fraction of sp³-hybridized carbons (Fsp3) is 0.731. The molecule has 4 heterocycles. The van der Waals surface area contributed by atoms with E-state index in [-0.39, 0.29) is 0 Å². The highest BCUT2D eigenvalue weighted by molar-refractivity contribution is 5.71. The van der Waals surface area contributed by atoms with Crippen LogP contribution in [0.3, 0.4) is 0 Å². The van der Waals surface area contributed by atoms with E-state index in [2.05, 4.69) is 0 Å². The number of carbonyl (C=O) groups excluding carboxylic acids is 14. The van der Waals surface area contributed by atoms with E-state index in [0.717, 1.165) is 96.9 Å². The third kappa shape index (κ3) is 21.9. The summed E-state index contributed by atoms with van der Waals surface area (Å²) in [6.45, 7) is 9.78. The molecule has 4 fully saturated rings. The van der Waals surface area contributed by atoms with Crippen LogP contribution in [0.4, 0.5) is 0 Å². The minimum Gasteiger partial charge on any atom is -0.463 e. The van der Waals surface area contributed by atoms with Gasteiger partial charge in [-0.05, 0) is 0 Å². The first-order valence-electron chi connectivity index (χ1n) is 26.5. The molecule has 1 unspecified atom stereocenters. The SMILES string of the molecule is CC(=O)OC[C@H]1O[C@H](OC[C@H]2O[C@H](O[C@H]3[C@H](OC(C)=O)[C@@H](OC(C)=O)[C@@H](O[C@H]4[C@H](OC(C)=O)[C@@H](OC(C)=O)C(OC(C)=O)O[C@@H]4COC(C)=O)O[C@@H]3COC(C)=O)[C@H](OC(C)=O)[C@@H](OC(C)=O)[C@@H]2OC(C)=O)[C@H](OC(C)=O)[C@@H](OC(C)=O)[C@@H]1OC(C)=O. The molecule has 488 valence electrons. The fourth-order valence-corrected chi connectivity index (χ4v) is 9.33. The van der Waals surface area contributed by atoms with Gasteiger partial charge in [0.15, 0.2) is 73.8 Å². The van der Waals surface area contributed by atoms with Gasteiger partial charge in [0, 0.05) is 96.9 Å². The molecule has 0 bridgehead atoms. The number of rotatable bonds is 24. The van der Waals surface area contributed by atoms with Gasteiger partial charge < -0.3 is 99.5 Å². The lowest BCUT2D eigenvalue weighted by atomic mass is 9.95. The van der Waals surface area contributed by atoms with Crippen molar-refractivity contribution in [1.29, 1.82) is 0 Å². The van der Waals surface area contributed by atoms with Gasteiger partial charge in [-0.15, -0.1) is 0 Å². The van der Waals surface area contributed by atoms with E-state index < -0.39 is 233 Å². The number of ether oxygens (including phenoxy) is 21. The Balaban J connectivity index is 1.97. The molecule has 87 heavy (non-hydrogen) atoms. The van der Waals surface area contributed by atoms with E-state index in [1.54, 1.807) is 0 Å². The average molecular weight is 1260 g/mol. The van der Waals surface area contributed by atoms with Gasteiger partial charge in [0.05, 0.1) is 6.61 Å². The third-order valence-electron chi connectivity index (χ3n) is 12.0. The first kappa shape index (κ1) is 71.8. The summed E-state index contributed by atoms with van der Waals surface area (Å²) in [6, 6.07) is 0. The number of esters is 14. The Bertz CT molecular complexity index is 2530. The molecule has 0 N–H and O–H groups in total. The summed E-state index contributed by atoms with van der Waals surface area (Å²) in [5.74, 6) is -14.5. The maximum atomic E-state index is 13.3. The van der Waals surface area contributed by atoms with Gasteiger partial charge in [0.1, 0.15) is 56.4 Å². The maximum Gasteiger partial charge on any atom is 0.305 e. The van der Waals surface area contributed by atoms with Gasteiger partial charge in [0.2, 0.25) is 12.4 Å². The van der Waals surface area contributed by atoms with Gasteiger partial charge in [-0.25, -0.2) is 0 Å². The summed E-state index contributed by atoms with van der Waals surface area (Å²) < 4.78 is 121. The molecule has 0 radical (unpaired) electrons. The zero-order chi connectivity index (χ0) is 65.3. The second-order valence-electron chi connectivity index (χ2n) is 19.5. The van der Waals surface area contributed by atoms with Crippen molar-refractivity contribution in [1.82, 2.24) is 0 Å². The van der Waals surface area contributed by atoms with Crippen molar-refractivity contribution in [2.45, 2.75) is 220 Å². The number of carbonyl (C=O) groups is 14. The van der Waals surface area contributed by atoms with Gasteiger partial charge in [-0.1, -0.05) is 0 Å². The van der Waals surface area contributed by atoms with Crippen molar-refractivity contribution >= 4 is 83.6 Å². The Morgan fingerprint density at radius 1 is 0.218 bits per heavy atom. The van der Waals surface area contributed by atoms with Crippen molar-refractivity contribution in [3.05, 3.63) is 0 Å². The van der Waals surface area contributed by atoms with Crippen LogP contribution >= 0.6 is 0 Å². The van der Waals surface area contributed by atoms with Crippen LogP contribution in [-0.4, -0.2) is 233 Å². The minimum atomic E-state index is -2.23. The normalized spacial score (nSPS) is 31.9. The highest BCUT2D eigenvalue weighted by atomic mass is 16.8. The molecule has 0 aromatic rings. The molecule has 0 aromatic heterocycles. The zero-order valence-corrected chi connectivity index (χ0v) is 49.7. The molecule has 35 nitrogen and oxygen atoms in total. The molecule has 4 aliphatic heterocycles. The second kappa shape index (κ2) is 32.9. The summed E-state index contributed by atoms with van der Waals surface area (Å²) in [5.41, 5.74) is 0. The summed E-state index contributed by atoms with van der Waals surface area (Å²) in [4.78, 5) is 178. The van der Waals surface area contributed by atoms with Crippen LogP contribution in [0.15, 0.2) is 0 Å². The summed E-state index contributed by atoms with van der Waals surface area (Å²) >= 11 is 0. The third-order valence-corrected chi connectivity index (χ3v) is 12.0. The van der Waals surface area contributed by atoms with Crippen LogP contribution in [0.5, 0.6) is 0 Å². The monoisotopic (exact) mass is 1250 g/mol. The number of hydrogen-bond donors (Lipinski definition) is 0. The minimum absolute atomic E-state index is 0.703. The predicted molar refractivity (Wildman–Crippen MR) is 268 cm³/mol. The number of hydrogen-bond acceptors (Lipinski definition) is 35. The fourth-order valence-electron chi connectivity index (χ4n) is 9.33. The second-order valence-corrected chi connectivity index (χ2v) is 19.5. The summed E-state index contributed by atoms with van der Waals surface area (Å²) in [6.07, 6.45) is -38.5. The van der Waals surface area contributed by atoms with Crippen LogP contribution in [0.1, 0.15) is 96.9 Å². The zero-order valence-electron chi connectivity index (χ0n) is 49.7. The van der Waals surface area contributed by atoms with Crippen LogP contribution < -0.4 is 0 Å². The molecule has 0 aliphatic carbocycles. The van der Waals surface area contributed by atoms with Crippen molar-refractivity contribution in [2.24, 2.45) is 0 Å². The molecule has 0 aromatic carbocycles. The van der Waals surface area contributed by atoms with Crippen molar-refractivity contribution in [3.8, 4) is 0 Å². The Kier molecular flexibility index (Phi) is 27.1. The lowest BCUT2D eigenvalue weighted by molar-refractivity contribution is -0.381. The predicted octanol–water partition coefficient (Wildman–Crippen LogP) is -1.76. The van der Waals surface area contributed by atoms with E-state index in [4.69, 9.17) is 99.5 Å². The van der Waals surface area contributed by atoms with Crippen molar-refractivity contribution in [2.75, 3.05) is 26.4 Å². The van der Waals surface area contributed by atoms with Crippen LogP contribution in [0.2, 0.25) is 0 Å². The smallest absolute Gasteiger partial charge is 0.305 e. The van der Waals surface area contributed by atoms with Gasteiger partial charge >= 0.3 is 83.6 Å². The lowest BCUT2D eigenvalue weighted by Crippen LogP contribution is -2.69. The molecule has 20 atom stereocenters. The largest absolute Gasteiger partial charge is 0.463 e. The summed E-state index contributed by atoms with van der Waals surface area (Å²) in [7, 11) is 0. The first-order valence-corrected chi connectivity index (χ1v) is 26.5. The van der Waals surface area contributed by atoms with Crippen molar-refractivity contribution < 1.29 is 167 Å². The van der Waals surface area contributed by atoms with E-state index in [1.807, 2.05) is 0 Å². The first-order chi connectivity index (χ1) is 40.6. The Hall–Kier alpha value is -7.70. The Labute approximate surface area is 495 Å². The highest BCUT2D eigenvalue weighted by Crippen LogP contribution is 2.39. The quantitative estimate of drug-likeness (QED) is 0.0763. The van der Waals surface area contributed by atoms with E-state index >= 15 is 0 Å². The van der Waals surface area contributed by atoms with Crippen LogP contribution in [0.25, 0.3) is 0 Å². The van der Waals surface area contributed by atoms with Gasteiger partial charge in [-0.2, -0.15) is 0 Å². The molecular formula is C52H70O35. The van der Waals surface area contributed by atoms with Crippen molar-refractivity contribution in [3.63, 3.8) is 0 Å². The standard InChI is InChI=1S/C52H70O35/c1-19(53)67-15-33-37(71-22(4)56)41(73-24(6)58)45(77-28(10)62)49(82-33)70-18-36-38(72-23(5)57)42(74-25(7)59)47(79-30(12)64)51(85-36)87-40-35(17-69-21(3)55)84-52(48(80-31(13)65)44(40)76-27(9)61)86-39-34(16-68-20(2)54)83-50(81-32(14)66)46(78-29(11)63)43(39)75-26(8)60/h33-52H,15-18H2,1-14H3/t33-,34-,35-,36-,37-,38-,39-,40-,41+,42+,43+,44+,45-,46-,47-,48-,49+,50?,51-,52-/m1/s1. The Morgan fingerprint density at radius 3 is 0.713 bits per heavy atom. The summed E-state index contributed by atoms with van der Waals surface area (Å²) in [5, 5.41) is 0. The molecule has 4 aliphatic rings. The van der Waals surface area contributed by atoms with Crippen LogP contribution in [-0.2, 0) is 167 Å². The molecule has 0 spiro atoms. The molecule has 0 saturated carbocycles. The highest BCUT2D eigenvalue weighted by Gasteiger charge is 2.61. The molecule has 4 rings (SSSR count). The lowest BCUT2D eigenvalue weighted by Gasteiger charge is -2.50. The topological polar surface area (TPSA) is 433 Å². The van der Waals surface area contributed by atoms with Crippen LogP contribution in [0, 0.1) is 0 Å². The van der Waals surface area contributed by atoms with E-state index in [1.165, 1.54) is 0 Å². The molecule has 0 amide bonds. The molecular weight excluding hydrogens is 1180 g/mol. The van der Waals surface area contributed by atoms with Gasteiger partial charge in [-0.3, -0.25) is 67.1 Å². The van der Waals surface area contributed by atoms with Gasteiger partial charge in [0.25, 0.3) is 0 Å². The maximum absolute atomic E-state index is 13.3. The Morgan fingerprint density at radius 2 is 0.425 bits per heavy atom.